The number of hydrogen-bond donors (Lipinski definition) is 0. The van der Waals surface area contributed by atoms with Crippen LogP contribution in [0.15, 0.2) is 24.3 Å². The number of hydrogen-bond acceptors (Lipinski definition) is 6. The molecule has 0 N–H and O–H groups in total. The fourth-order valence-corrected chi connectivity index (χ4v) is 8.79. The fraction of sp³-hybridized carbons (Fsp3) is 0.883. The number of ether oxygens (including phenoxy) is 3. The number of carbonyl (C=O) groups excluding carboxylic acids is 3. The Morgan fingerprint density at radius 2 is 0.530 bits per heavy atom. The van der Waals surface area contributed by atoms with Gasteiger partial charge in [0.2, 0.25) is 0 Å². The van der Waals surface area contributed by atoms with Gasteiger partial charge >= 0.3 is 17.9 Å². The van der Waals surface area contributed by atoms with Crippen LogP contribution < -0.4 is 0 Å². The lowest BCUT2D eigenvalue weighted by Crippen LogP contribution is -2.30. The summed E-state index contributed by atoms with van der Waals surface area (Å²) in [6.45, 7) is 6.67. The second-order valence-electron chi connectivity index (χ2n) is 20.0. The minimum Gasteiger partial charge on any atom is -0.462 e. The van der Waals surface area contributed by atoms with E-state index in [0.717, 1.165) is 77.0 Å². The highest BCUT2D eigenvalue weighted by Crippen LogP contribution is 2.17. The van der Waals surface area contributed by atoms with Gasteiger partial charge in [-0.05, 0) is 44.9 Å². The summed E-state index contributed by atoms with van der Waals surface area (Å²) in [6.07, 6.45) is 64.5. The quantitative estimate of drug-likeness (QED) is 0.0262. The van der Waals surface area contributed by atoms with Crippen molar-refractivity contribution in [3.8, 4) is 0 Å². The lowest BCUT2D eigenvalue weighted by molar-refractivity contribution is -0.167. The molecule has 0 radical (unpaired) electrons. The van der Waals surface area contributed by atoms with Crippen molar-refractivity contribution in [3.05, 3.63) is 24.3 Å². The van der Waals surface area contributed by atoms with Crippen LogP contribution in [0.1, 0.15) is 323 Å². The Kier molecular flexibility index (Phi) is 53.7. The molecular weight excluding hydrogens is 817 g/mol. The third kappa shape index (κ3) is 52.9. The molecule has 1 atom stereocenters. The second kappa shape index (κ2) is 55.5. The average Bonchev–Trinajstić information content (AvgIpc) is 3.31. The van der Waals surface area contributed by atoms with Crippen LogP contribution >= 0.6 is 0 Å². The molecular formula is C60H112O6. The van der Waals surface area contributed by atoms with Gasteiger partial charge in [0.05, 0.1) is 0 Å². The van der Waals surface area contributed by atoms with Gasteiger partial charge in [0.1, 0.15) is 13.2 Å². The molecule has 0 aliphatic rings. The molecule has 0 saturated carbocycles. The average molecular weight is 930 g/mol. The molecule has 0 bridgehead atoms. The van der Waals surface area contributed by atoms with E-state index in [1.807, 2.05) is 0 Å². The SMILES string of the molecule is CCCCCCCCC/C=C\C=C/CCCCCCCC(=O)OCC(COC(=O)CCCCCCCCCCCCCC)OC(=O)CCCCCCCCCCCCCCCCCCCC. The summed E-state index contributed by atoms with van der Waals surface area (Å²) in [4.78, 5) is 38.1. The Morgan fingerprint density at radius 3 is 0.803 bits per heavy atom. The Morgan fingerprint density at radius 1 is 0.303 bits per heavy atom. The molecule has 0 heterocycles. The van der Waals surface area contributed by atoms with Crippen LogP contribution in [0.4, 0.5) is 0 Å². The van der Waals surface area contributed by atoms with Crippen molar-refractivity contribution in [1.82, 2.24) is 0 Å². The summed E-state index contributed by atoms with van der Waals surface area (Å²) in [6, 6.07) is 0. The molecule has 0 aliphatic carbocycles. The molecule has 0 aromatic heterocycles. The molecule has 66 heavy (non-hydrogen) atoms. The number of rotatable bonds is 54. The molecule has 388 valence electrons. The zero-order chi connectivity index (χ0) is 47.9. The molecule has 0 aromatic rings. The van der Waals surface area contributed by atoms with Gasteiger partial charge in [-0.2, -0.15) is 0 Å². The molecule has 6 heteroatoms. The first-order valence-corrected chi connectivity index (χ1v) is 29.4. The van der Waals surface area contributed by atoms with E-state index in [4.69, 9.17) is 14.2 Å². The highest BCUT2D eigenvalue weighted by Gasteiger charge is 2.19. The Hall–Kier alpha value is -2.11. The van der Waals surface area contributed by atoms with Crippen molar-refractivity contribution in [1.29, 1.82) is 0 Å². The van der Waals surface area contributed by atoms with Crippen molar-refractivity contribution in [2.45, 2.75) is 329 Å². The standard InChI is InChI=1S/C60H112O6/c1-4-7-10-13-16-19-22-25-27-29-31-33-35-38-41-44-47-50-53-59(62)65-56-57(55-64-58(61)52-49-46-43-40-37-24-21-18-15-12-9-6-3)66-60(63)54-51-48-45-42-39-36-34-32-30-28-26-23-20-17-14-11-8-5-2/h27,29,31,33,57H,4-26,28,30,32,34-56H2,1-3H3/b29-27-,33-31-. The van der Waals surface area contributed by atoms with E-state index < -0.39 is 6.10 Å². The molecule has 1 unspecified atom stereocenters. The van der Waals surface area contributed by atoms with Gasteiger partial charge in [-0.1, -0.05) is 283 Å². The smallest absolute Gasteiger partial charge is 0.306 e. The van der Waals surface area contributed by atoms with Crippen LogP contribution in [0, 0.1) is 0 Å². The van der Waals surface area contributed by atoms with Crippen LogP contribution in [-0.4, -0.2) is 37.2 Å². The van der Waals surface area contributed by atoms with Crippen LogP contribution in [0.25, 0.3) is 0 Å². The molecule has 0 saturated heterocycles. The maximum Gasteiger partial charge on any atom is 0.306 e. The van der Waals surface area contributed by atoms with Gasteiger partial charge in [0, 0.05) is 19.3 Å². The van der Waals surface area contributed by atoms with Crippen molar-refractivity contribution in [3.63, 3.8) is 0 Å². The Bertz CT molecular complexity index is 1070. The molecule has 0 aromatic carbocycles. The highest BCUT2D eigenvalue weighted by atomic mass is 16.6. The highest BCUT2D eigenvalue weighted by molar-refractivity contribution is 5.71. The zero-order valence-electron chi connectivity index (χ0n) is 44.5. The minimum atomic E-state index is -0.772. The summed E-state index contributed by atoms with van der Waals surface area (Å²) in [5, 5.41) is 0. The Labute approximate surface area is 411 Å². The lowest BCUT2D eigenvalue weighted by atomic mass is 10.0. The lowest BCUT2D eigenvalue weighted by Gasteiger charge is -2.18. The molecule has 6 nitrogen and oxygen atoms in total. The monoisotopic (exact) mass is 929 g/mol. The van der Waals surface area contributed by atoms with Gasteiger partial charge in [-0.3, -0.25) is 14.4 Å². The fourth-order valence-electron chi connectivity index (χ4n) is 8.79. The number of carbonyl (C=O) groups is 3. The van der Waals surface area contributed by atoms with E-state index in [9.17, 15) is 14.4 Å². The molecule has 0 rings (SSSR count). The Balaban J connectivity index is 4.32. The third-order valence-electron chi connectivity index (χ3n) is 13.2. The molecule has 0 spiro atoms. The summed E-state index contributed by atoms with van der Waals surface area (Å²) >= 11 is 0. The number of allylic oxidation sites excluding steroid dienone is 4. The maximum atomic E-state index is 12.9. The van der Waals surface area contributed by atoms with E-state index in [1.165, 1.54) is 205 Å². The largest absolute Gasteiger partial charge is 0.462 e. The van der Waals surface area contributed by atoms with Crippen LogP contribution in [0.3, 0.4) is 0 Å². The molecule has 0 aliphatic heterocycles. The van der Waals surface area contributed by atoms with Gasteiger partial charge < -0.3 is 14.2 Å². The third-order valence-corrected chi connectivity index (χ3v) is 13.2. The van der Waals surface area contributed by atoms with E-state index in [-0.39, 0.29) is 31.1 Å². The van der Waals surface area contributed by atoms with Crippen LogP contribution in [0.2, 0.25) is 0 Å². The molecule has 0 fully saturated rings. The van der Waals surface area contributed by atoms with Crippen molar-refractivity contribution in [2.75, 3.05) is 13.2 Å². The first kappa shape index (κ1) is 63.9. The normalized spacial score (nSPS) is 12.1. The zero-order valence-corrected chi connectivity index (χ0v) is 44.5. The summed E-state index contributed by atoms with van der Waals surface area (Å²) in [7, 11) is 0. The van der Waals surface area contributed by atoms with E-state index in [0.29, 0.717) is 19.3 Å². The summed E-state index contributed by atoms with van der Waals surface area (Å²) in [5.74, 6) is -0.865. The van der Waals surface area contributed by atoms with E-state index in [2.05, 4.69) is 45.1 Å². The maximum absolute atomic E-state index is 12.9. The number of esters is 3. The van der Waals surface area contributed by atoms with Crippen molar-refractivity contribution >= 4 is 17.9 Å². The second-order valence-corrected chi connectivity index (χ2v) is 20.0. The van der Waals surface area contributed by atoms with Gasteiger partial charge in [-0.15, -0.1) is 0 Å². The predicted molar refractivity (Wildman–Crippen MR) is 284 cm³/mol. The summed E-state index contributed by atoms with van der Waals surface area (Å²) in [5.41, 5.74) is 0. The van der Waals surface area contributed by atoms with E-state index in [1.54, 1.807) is 0 Å². The number of unbranched alkanes of at least 4 members (excludes halogenated alkanes) is 40. The van der Waals surface area contributed by atoms with Crippen LogP contribution in [0.5, 0.6) is 0 Å². The van der Waals surface area contributed by atoms with Gasteiger partial charge in [0.25, 0.3) is 0 Å². The minimum absolute atomic E-state index is 0.0708. The van der Waals surface area contributed by atoms with Gasteiger partial charge in [-0.25, -0.2) is 0 Å². The predicted octanol–water partition coefficient (Wildman–Crippen LogP) is 19.5. The van der Waals surface area contributed by atoms with Crippen molar-refractivity contribution in [2.24, 2.45) is 0 Å². The first-order chi connectivity index (χ1) is 32.5. The first-order valence-electron chi connectivity index (χ1n) is 29.4. The molecule has 0 amide bonds. The summed E-state index contributed by atoms with van der Waals surface area (Å²) < 4.78 is 16.9. The topological polar surface area (TPSA) is 78.9 Å². The van der Waals surface area contributed by atoms with Crippen LogP contribution in [-0.2, 0) is 28.6 Å². The van der Waals surface area contributed by atoms with Gasteiger partial charge in [0.15, 0.2) is 6.10 Å². The van der Waals surface area contributed by atoms with Crippen molar-refractivity contribution < 1.29 is 28.6 Å². The van der Waals surface area contributed by atoms with E-state index >= 15 is 0 Å².